The van der Waals surface area contributed by atoms with Gasteiger partial charge < -0.3 is 25.1 Å². The van der Waals surface area contributed by atoms with Crippen molar-refractivity contribution in [3.05, 3.63) is 184 Å². The van der Waals surface area contributed by atoms with Gasteiger partial charge in [-0.05, 0) is 124 Å². The van der Waals surface area contributed by atoms with Crippen molar-refractivity contribution in [3.63, 3.8) is 0 Å². The molecule has 7 aromatic rings. The molecule has 18 nitrogen and oxygen atoms in total. The molecule has 3 heterocycles. The van der Waals surface area contributed by atoms with Crippen molar-refractivity contribution in [2.24, 2.45) is 12.9 Å². The number of carbonyl (C=O) groups excluding carboxylic acids is 4. The average Bonchev–Trinajstić information content (AvgIpc) is 4.06. The summed E-state index contributed by atoms with van der Waals surface area (Å²) in [6, 6.07) is 34.1. The van der Waals surface area contributed by atoms with Crippen LogP contribution in [0, 0.1) is 0 Å². The molecular formula is C47H52Br4ClN8NaO10. The zero-order valence-electron chi connectivity index (χ0n) is 39.7. The molecule has 4 aromatic carbocycles. The van der Waals surface area contributed by atoms with Gasteiger partial charge in [0.05, 0.1) is 43.6 Å². The van der Waals surface area contributed by atoms with Gasteiger partial charge in [-0.3, -0.25) is 30.0 Å². The van der Waals surface area contributed by atoms with Crippen LogP contribution in [-0.2, 0) is 42.1 Å². The number of esters is 1. The van der Waals surface area contributed by atoms with E-state index in [4.69, 9.17) is 24.9 Å². The van der Waals surface area contributed by atoms with E-state index in [-0.39, 0.29) is 82.7 Å². The monoisotopic (exact) mass is 1260 g/mol. The molecule has 0 aliphatic rings. The van der Waals surface area contributed by atoms with Crippen LogP contribution in [0.3, 0.4) is 0 Å². The summed E-state index contributed by atoms with van der Waals surface area (Å²) < 4.78 is 25.4. The van der Waals surface area contributed by atoms with Crippen molar-refractivity contribution in [1.82, 2.24) is 28.9 Å². The van der Waals surface area contributed by atoms with Crippen molar-refractivity contribution in [3.8, 4) is 22.9 Å². The number of nitrogen functional groups attached to an aromatic ring is 1. The second-order valence-corrected chi connectivity index (χ2v) is 16.7. The Morgan fingerprint density at radius 1 is 0.775 bits per heavy atom. The molecule has 0 amide bonds. The van der Waals surface area contributed by atoms with E-state index in [0.29, 0.717) is 6.61 Å². The molecule has 0 unspecified atom stereocenters. The Morgan fingerprint density at radius 3 is 1.65 bits per heavy atom. The molecule has 0 aliphatic heterocycles. The van der Waals surface area contributed by atoms with Crippen LogP contribution in [0.1, 0.15) is 33.3 Å². The van der Waals surface area contributed by atoms with Crippen molar-refractivity contribution in [2.75, 3.05) is 25.7 Å². The predicted molar refractivity (Wildman–Crippen MR) is 283 cm³/mol. The van der Waals surface area contributed by atoms with Crippen LogP contribution in [0.4, 0.5) is 5.69 Å². The number of hydrazine groups is 1. The number of methoxy groups -OCH3 is 1. The third kappa shape index (κ3) is 23.8. The maximum atomic E-state index is 11.8. The smallest absolute Gasteiger partial charge is 0.870 e. The van der Waals surface area contributed by atoms with Crippen LogP contribution in [0.2, 0.25) is 0 Å². The number of hydrogen-bond donors (Lipinski definition) is 3. The Hall–Kier alpha value is -5.10. The molecule has 5 N–H and O–H groups in total. The number of nitrogens with zero attached hydrogens (tertiary/aromatic N) is 5. The van der Waals surface area contributed by atoms with Crippen molar-refractivity contribution >= 4 is 99.7 Å². The van der Waals surface area contributed by atoms with Crippen LogP contribution in [0.15, 0.2) is 167 Å². The molecule has 7 rings (SSSR count). The normalized spacial score (nSPS) is 9.54. The molecule has 0 radical (unpaired) electrons. The predicted octanol–water partition coefficient (Wildman–Crippen LogP) is 6.53. The summed E-state index contributed by atoms with van der Waals surface area (Å²) in [5.74, 6) is 4.87. The van der Waals surface area contributed by atoms with Gasteiger partial charge in [-0.25, -0.2) is 18.8 Å². The fraction of sp³-hybridized carbons (Fsp3) is 0.191. The molecule has 0 bridgehead atoms. The Kier molecular flexibility index (Phi) is 36.0. The maximum Gasteiger partial charge on any atom is 1.00 e. The number of Topliss-reactive ketones (excluding diaryl/α,β-unsaturated/α-hetero) is 1. The molecule has 24 heteroatoms. The Labute approximate surface area is 472 Å². The number of nitrogens with one attached hydrogen (secondary N) is 2. The van der Waals surface area contributed by atoms with Gasteiger partial charge in [0, 0.05) is 60.7 Å². The topological polar surface area (TPSA) is 247 Å². The molecule has 0 saturated heterocycles. The number of anilines is 1. The first-order valence-corrected chi connectivity index (χ1v) is 23.4. The minimum atomic E-state index is -0.636. The number of aryl methyl sites for hydroxylation is 2. The van der Waals surface area contributed by atoms with Gasteiger partial charge in [0.25, 0.3) is 11.1 Å². The summed E-state index contributed by atoms with van der Waals surface area (Å²) in [6.07, 6.45) is 7.34. The van der Waals surface area contributed by atoms with Gasteiger partial charge in [-0.2, -0.15) is 14.7 Å². The average molecular weight is 1270 g/mol. The largest absolute Gasteiger partial charge is 1.00 e. The molecule has 0 aliphatic carbocycles. The first-order valence-electron chi connectivity index (χ1n) is 20.2. The van der Waals surface area contributed by atoms with Gasteiger partial charge in [-0.15, -0.1) is 12.4 Å². The number of H-pyrrole nitrogens is 1. The van der Waals surface area contributed by atoms with E-state index in [0.717, 1.165) is 64.8 Å². The van der Waals surface area contributed by atoms with Gasteiger partial charge in [0.2, 0.25) is 5.88 Å². The molecule has 376 valence electrons. The minimum absolute atomic E-state index is 0. The molecule has 71 heavy (non-hydrogen) atoms. The molecule has 0 spiro atoms. The molecule has 0 fully saturated rings. The summed E-state index contributed by atoms with van der Waals surface area (Å²) in [6.45, 7) is 7.36. The summed E-state index contributed by atoms with van der Waals surface area (Å²) in [5.41, 5.74) is 6.91. The van der Waals surface area contributed by atoms with Crippen LogP contribution >= 0.6 is 76.1 Å². The number of ketones is 1. The number of hydrogen-bond acceptors (Lipinski definition) is 13. The molecule has 0 atom stereocenters. The summed E-state index contributed by atoms with van der Waals surface area (Å²) in [7, 11) is 3.47. The molecule has 3 aromatic heterocycles. The Morgan fingerprint density at radius 2 is 1.25 bits per heavy atom. The third-order valence-electron chi connectivity index (χ3n) is 8.48. The first-order chi connectivity index (χ1) is 32.6. The molecular weight excluding hydrogens is 1210 g/mol. The van der Waals surface area contributed by atoms with Crippen molar-refractivity contribution in [1.29, 1.82) is 0 Å². The number of aromatic amines is 1. The standard InChI is InChI=1S/C11H11BrN2O.2C10H9BrN2O.C9H14O4.C6H7BrN2.CO2.ClH.Na.H2O/c1-2-8-7-13-14(11(8)15)10-5-3-9(12)4-6-10;1-14-10-6-7-12-13(10)9-4-2-8(11)3-5-9;1-12-7-6-10(14)13(12)9-4-2-8(11)3-5-9;1-4-12-6-8(7(3)10)9(11)13-5-2;7-5-1-3-6(9-8)4-2-5;2-1-3;;;/h3-7,13H,2H2,1H3;2*2-7H,1H3;6H,4-5H2,1-3H3;1-4,9H,8H2;;1H;;1H2/q;;;;;;;+1;/p-1/b;;;8-6-;;;;;. The SMILES string of the molecule is CCO/C=C(/C(C)=O)C(=O)OCC.CCc1c[nH]n(-c2ccc(Br)cc2)c1=O.COc1ccnn1-c1ccc(Br)cc1.Cl.Cn1ccc(=O)n1-c1ccc(Br)cc1.NNc1ccc(Br)cc1.O=C=O.[Na+].[OH-]. The quantitative estimate of drug-likeness (QED) is 0.0182. The first kappa shape index (κ1) is 68.0. The zero-order valence-corrected chi connectivity index (χ0v) is 48.8. The van der Waals surface area contributed by atoms with Gasteiger partial charge in [0.1, 0.15) is 11.8 Å². The zero-order chi connectivity index (χ0) is 50.6. The Bertz CT molecular complexity index is 2790. The fourth-order valence-corrected chi connectivity index (χ4v) is 6.27. The van der Waals surface area contributed by atoms with E-state index in [1.165, 1.54) is 6.92 Å². The number of rotatable bonds is 11. The van der Waals surface area contributed by atoms with Gasteiger partial charge >= 0.3 is 41.7 Å². The Balaban J connectivity index is 0. The van der Waals surface area contributed by atoms with Gasteiger partial charge in [0.15, 0.2) is 5.78 Å². The van der Waals surface area contributed by atoms with E-state index in [1.807, 2.05) is 117 Å². The van der Waals surface area contributed by atoms with Crippen molar-refractivity contribution in [2.45, 2.75) is 34.1 Å². The summed E-state index contributed by atoms with van der Waals surface area (Å²) in [4.78, 5) is 61.5. The fourth-order valence-electron chi connectivity index (χ4n) is 5.22. The number of nitrogens with two attached hydrogens (primary N) is 1. The van der Waals surface area contributed by atoms with Crippen molar-refractivity contribution < 1.29 is 68.4 Å². The summed E-state index contributed by atoms with van der Waals surface area (Å²) >= 11 is 13.4. The third-order valence-corrected chi connectivity index (χ3v) is 10.6. The van der Waals surface area contributed by atoms with Crippen LogP contribution in [0.5, 0.6) is 5.88 Å². The van der Waals surface area contributed by atoms with E-state index in [2.05, 4.69) is 84.1 Å². The van der Waals surface area contributed by atoms with Crippen LogP contribution in [-0.4, -0.2) is 72.6 Å². The minimum Gasteiger partial charge on any atom is -0.870 e. The number of aromatic nitrogens is 6. The summed E-state index contributed by atoms with van der Waals surface area (Å²) in [5, 5.41) is 7.11. The number of ether oxygens (including phenoxy) is 3. The second kappa shape index (κ2) is 37.6. The number of carbonyl (C=O) groups is 2. The number of halogens is 5. The van der Waals surface area contributed by atoms with Gasteiger partial charge in [-0.1, -0.05) is 70.6 Å². The van der Waals surface area contributed by atoms with E-state index >= 15 is 0 Å². The van der Waals surface area contributed by atoms with Crippen LogP contribution in [0.25, 0.3) is 17.1 Å². The van der Waals surface area contributed by atoms with E-state index < -0.39 is 5.97 Å². The molecule has 0 saturated carbocycles. The van der Waals surface area contributed by atoms with E-state index in [1.54, 1.807) is 64.3 Å². The van der Waals surface area contributed by atoms with E-state index in [9.17, 15) is 19.2 Å². The van der Waals surface area contributed by atoms with Crippen LogP contribution < -0.4 is 56.7 Å². The number of benzene rings is 4. The maximum absolute atomic E-state index is 11.8. The second-order valence-electron chi connectivity index (χ2n) is 13.0.